The topological polar surface area (TPSA) is 143 Å². The van der Waals surface area contributed by atoms with E-state index in [1.807, 2.05) is 31.3 Å². The Morgan fingerprint density at radius 3 is 2.64 bits per heavy atom. The van der Waals surface area contributed by atoms with Crippen molar-refractivity contribution in [1.82, 2.24) is 19.9 Å². The molecule has 0 amide bonds. The van der Waals surface area contributed by atoms with Crippen molar-refractivity contribution in [3.05, 3.63) is 84.1 Å². The molecule has 0 atom stereocenters. The van der Waals surface area contributed by atoms with E-state index in [1.54, 1.807) is 30.5 Å². The van der Waals surface area contributed by atoms with Crippen LogP contribution in [0.25, 0.3) is 11.4 Å². The number of rotatable bonds is 7. The number of amidine groups is 2. The van der Waals surface area contributed by atoms with Crippen molar-refractivity contribution in [3.63, 3.8) is 0 Å². The largest absolute Gasteiger partial charge is 0.504 e. The average molecular weight is 482 g/mol. The van der Waals surface area contributed by atoms with Crippen LogP contribution in [0.1, 0.15) is 11.1 Å². The summed E-state index contributed by atoms with van der Waals surface area (Å²) in [4.78, 5) is 19.9. The van der Waals surface area contributed by atoms with Crippen LogP contribution in [0.4, 0.5) is 0 Å². The first-order valence-electron chi connectivity index (χ1n) is 11.2. The fourth-order valence-electron chi connectivity index (χ4n) is 3.67. The molecule has 4 N–H and O–H groups in total. The normalized spacial score (nSPS) is 12.8. The second-order valence-electron chi connectivity index (χ2n) is 8.04. The second kappa shape index (κ2) is 9.71. The maximum Gasteiger partial charge on any atom is 0.325 e. The smallest absolute Gasteiger partial charge is 0.325 e. The molecule has 0 spiro atoms. The summed E-state index contributed by atoms with van der Waals surface area (Å²) < 4.78 is 11.9. The van der Waals surface area contributed by atoms with Crippen molar-refractivity contribution < 1.29 is 14.6 Å². The first-order valence-corrected chi connectivity index (χ1v) is 11.2. The number of hydrogen-bond acceptors (Lipinski definition) is 9. The van der Waals surface area contributed by atoms with Gasteiger partial charge in [0.15, 0.2) is 11.5 Å². The van der Waals surface area contributed by atoms with E-state index in [9.17, 15) is 5.11 Å². The molecule has 3 heterocycles. The minimum Gasteiger partial charge on any atom is -0.504 e. The van der Waals surface area contributed by atoms with Gasteiger partial charge in [0.25, 0.3) is 0 Å². The molecule has 10 heteroatoms. The zero-order valence-corrected chi connectivity index (χ0v) is 19.4. The number of hydrogen-bond donors (Lipinski definition) is 3. The molecule has 1 aliphatic rings. The highest BCUT2D eigenvalue weighted by Crippen LogP contribution is 2.33. The Hall–Kier alpha value is -4.99. The SMILES string of the molecule is CN1CCN=C1c1cccc(Oc2nc(Oc3cc(C(=N)N)ccc3O)cc(-c3ccccn3)n2)c1. The number of pyridine rings is 1. The molecule has 4 aromatic rings. The molecule has 0 radical (unpaired) electrons. The van der Waals surface area contributed by atoms with Gasteiger partial charge in [-0.3, -0.25) is 15.4 Å². The Morgan fingerprint density at radius 2 is 1.89 bits per heavy atom. The van der Waals surface area contributed by atoms with Gasteiger partial charge in [0.05, 0.1) is 17.9 Å². The fraction of sp³-hybridized carbons (Fsp3) is 0.115. The van der Waals surface area contributed by atoms with E-state index in [4.69, 9.17) is 20.6 Å². The third-order valence-electron chi connectivity index (χ3n) is 5.45. The molecule has 2 aromatic heterocycles. The van der Waals surface area contributed by atoms with Crippen LogP contribution in [0.5, 0.6) is 29.1 Å². The maximum absolute atomic E-state index is 10.3. The van der Waals surface area contributed by atoms with Crippen LogP contribution in [0.2, 0.25) is 0 Å². The summed E-state index contributed by atoms with van der Waals surface area (Å²) in [5.74, 6) is 1.35. The average Bonchev–Trinajstić information content (AvgIpc) is 3.31. The lowest BCUT2D eigenvalue weighted by atomic mass is 10.2. The van der Waals surface area contributed by atoms with Crippen molar-refractivity contribution in [2.24, 2.45) is 10.7 Å². The number of phenols is 1. The lowest BCUT2D eigenvalue weighted by Crippen LogP contribution is -2.23. The van der Waals surface area contributed by atoms with Gasteiger partial charge in [-0.1, -0.05) is 18.2 Å². The van der Waals surface area contributed by atoms with Gasteiger partial charge in [0.2, 0.25) is 5.88 Å². The molecule has 0 saturated carbocycles. The number of ether oxygens (including phenoxy) is 2. The summed E-state index contributed by atoms with van der Waals surface area (Å²) in [5.41, 5.74) is 7.96. The Labute approximate surface area is 207 Å². The predicted octanol–water partition coefficient (Wildman–Crippen LogP) is 3.80. The molecule has 5 rings (SSSR count). The van der Waals surface area contributed by atoms with Gasteiger partial charge in [-0.25, -0.2) is 0 Å². The molecule has 0 aliphatic carbocycles. The zero-order chi connectivity index (χ0) is 25.1. The summed E-state index contributed by atoms with van der Waals surface area (Å²) in [6.45, 7) is 1.62. The van der Waals surface area contributed by atoms with Gasteiger partial charge in [0.1, 0.15) is 17.4 Å². The van der Waals surface area contributed by atoms with E-state index in [0.29, 0.717) is 22.7 Å². The standard InChI is InChI=1S/C26H23N7O3/c1-33-12-11-30-25(33)17-5-4-6-18(13-17)35-26-31-20(19-7-2-3-10-29-19)15-23(32-26)36-22-14-16(24(27)28)8-9-21(22)34/h2-10,13-15,34H,11-12H2,1H3,(H3,27,28). The number of likely N-dealkylation sites (N-methyl/N-ethyl adjacent to an activating group) is 1. The van der Waals surface area contributed by atoms with Crippen molar-refractivity contribution in [2.45, 2.75) is 0 Å². The van der Waals surface area contributed by atoms with Gasteiger partial charge < -0.3 is 25.2 Å². The van der Waals surface area contributed by atoms with Crippen molar-refractivity contribution in [1.29, 1.82) is 5.41 Å². The van der Waals surface area contributed by atoms with Gasteiger partial charge >= 0.3 is 6.01 Å². The summed E-state index contributed by atoms with van der Waals surface area (Å²) >= 11 is 0. The molecule has 180 valence electrons. The minimum atomic E-state index is -0.155. The maximum atomic E-state index is 10.3. The number of nitrogens with one attached hydrogen (secondary N) is 1. The van der Waals surface area contributed by atoms with E-state index in [2.05, 4.69) is 24.8 Å². The molecular formula is C26H23N7O3. The van der Waals surface area contributed by atoms with Crippen molar-refractivity contribution in [3.8, 4) is 40.5 Å². The molecule has 1 aliphatic heterocycles. The number of aromatic hydroxyl groups is 1. The third-order valence-corrected chi connectivity index (χ3v) is 5.45. The van der Waals surface area contributed by atoms with Crippen molar-refractivity contribution in [2.75, 3.05) is 20.1 Å². The number of aliphatic imine (C=N–C) groups is 1. The van der Waals surface area contributed by atoms with E-state index in [1.165, 1.54) is 18.2 Å². The Kier molecular flexibility index (Phi) is 6.14. The molecule has 36 heavy (non-hydrogen) atoms. The van der Waals surface area contributed by atoms with E-state index >= 15 is 0 Å². The second-order valence-corrected chi connectivity index (χ2v) is 8.04. The molecular weight excluding hydrogens is 458 g/mol. The van der Waals surface area contributed by atoms with Crippen LogP contribution < -0.4 is 15.2 Å². The summed E-state index contributed by atoms with van der Waals surface area (Å²) in [5, 5.41) is 17.9. The zero-order valence-electron chi connectivity index (χ0n) is 19.4. The van der Waals surface area contributed by atoms with Crippen LogP contribution in [0.3, 0.4) is 0 Å². The summed E-state index contributed by atoms with van der Waals surface area (Å²) in [7, 11) is 2.00. The van der Waals surface area contributed by atoms with E-state index in [0.717, 1.165) is 24.5 Å². The fourth-order valence-corrected chi connectivity index (χ4v) is 3.67. The number of aromatic nitrogens is 3. The Morgan fingerprint density at radius 1 is 1.00 bits per heavy atom. The highest BCUT2D eigenvalue weighted by atomic mass is 16.5. The monoisotopic (exact) mass is 481 g/mol. The van der Waals surface area contributed by atoms with Gasteiger partial charge in [-0.05, 0) is 42.5 Å². The molecule has 0 fully saturated rings. The number of nitrogens with two attached hydrogens (primary N) is 1. The summed E-state index contributed by atoms with van der Waals surface area (Å²) in [6, 6.07) is 19.0. The van der Waals surface area contributed by atoms with Crippen LogP contribution in [-0.4, -0.2) is 56.8 Å². The quantitative estimate of drug-likeness (QED) is 0.267. The van der Waals surface area contributed by atoms with Crippen LogP contribution >= 0.6 is 0 Å². The molecule has 0 saturated heterocycles. The third kappa shape index (κ3) is 4.92. The first kappa shape index (κ1) is 22.8. The number of benzene rings is 2. The first-order chi connectivity index (χ1) is 17.5. The highest BCUT2D eigenvalue weighted by molar-refractivity contribution is 6.00. The molecule has 10 nitrogen and oxygen atoms in total. The van der Waals surface area contributed by atoms with Crippen molar-refractivity contribution >= 4 is 11.7 Å². The van der Waals surface area contributed by atoms with E-state index in [-0.39, 0.29) is 29.2 Å². The van der Waals surface area contributed by atoms with Crippen LogP contribution in [-0.2, 0) is 0 Å². The lowest BCUT2D eigenvalue weighted by molar-refractivity contribution is 0.387. The number of nitrogen functional groups attached to an aromatic ring is 1. The number of phenolic OH excluding ortho intramolecular Hbond substituents is 1. The Balaban J connectivity index is 1.51. The minimum absolute atomic E-state index is 0.0363. The predicted molar refractivity (Wildman–Crippen MR) is 135 cm³/mol. The molecule has 0 unspecified atom stereocenters. The van der Waals surface area contributed by atoms with Gasteiger partial charge in [-0.15, -0.1) is 0 Å². The molecule has 0 bridgehead atoms. The number of nitrogens with zero attached hydrogens (tertiary/aromatic N) is 5. The van der Waals surface area contributed by atoms with E-state index < -0.39 is 0 Å². The van der Waals surface area contributed by atoms with Crippen LogP contribution in [0.15, 0.2) is 77.9 Å². The lowest BCUT2D eigenvalue weighted by Gasteiger charge is -2.15. The van der Waals surface area contributed by atoms with Crippen LogP contribution in [0, 0.1) is 5.41 Å². The highest BCUT2D eigenvalue weighted by Gasteiger charge is 2.17. The van der Waals surface area contributed by atoms with Gasteiger partial charge in [0, 0.05) is 37.0 Å². The van der Waals surface area contributed by atoms with Gasteiger partial charge in [-0.2, -0.15) is 9.97 Å². The molecule has 2 aromatic carbocycles. The Bertz CT molecular complexity index is 1460. The summed E-state index contributed by atoms with van der Waals surface area (Å²) in [6.07, 6.45) is 1.66.